The molecule has 1 atom stereocenters. The fraction of sp³-hybridized carbons (Fsp3) is 0.400. The van der Waals surface area contributed by atoms with E-state index >= 15 is 0 Å². The maximum atomic E-state index is 13.3. The number of ether oxygens (including phenoxy) is 1. The van der Waals surface area contributed by atoms with Crippen molar-refractivity contribution in [2.75, 3.05) is 31.0 Å². The number of carbonyl (C=O) groups is 1. The van der Waals surface area contributed by atoms with Gasteiger partial charge in [-0.25, -0.2) is 4.98 Å². The molecule has 2 heterocycles. The quantitative estimate of drug-likeness (QED) is 0.249. The van der Waals surface area contributed by atoms with Crippen molar-refractivity contribution in [3.63, 3.8) is 0 Å². The third kappa shape index (κ3) is 7.66. The molecule has 0 aliphatic rings. The number of aromatic amines is 1. The number of nitrogens with two attached hydrogens (primary N) is 1. The van der Waals surface area contributed by atoms with E-state index in [9.17, 15) is 14.2 Å². The predicted molar refractivity (Wildman–Crippen MR) is 131 cm³/mol. The Labute approximate surface area is 204 Å². The first-order valence-corrected chi connectivity index (χ1v) is 13.5. The average Bonchev–Trinajstić information content (AvgIpc) is 3.21. The Hall–Kier alpha value is -2.21. The van der Waals surface area contributed by atoms with Crippen LogP contribution in [0.15, 0.2) is 35.4 Å². The molecule has 0 amide bonds. The van der Waals surface area contributed by atoms with Crippen molar-refractivity contribution in [2.45, 2.75) is 26.5 Å². The van der Waals surface area contributed by atoms with E-state index in [1.807, 2.05) is 0 Å². The zero-order valence-electron chi connectivity index (χ0n) is 18.4. The summed E-state index contributed by atoms with van der Waals surface area (Å²) in [5, 5.41) is 0.554. The van der Waals surface area contributed by atoms with E-state index in [1.54, 1.807) is 35.8 Å². The molecule has 2 aromatic heterocycles. The first-order valence-electron chi connectivity index (χ1n) is 10.4. The second-order valence-corrected chi connectivity index (χ2v) is 10.6. The van der Waals surface area contributed by atoms with E-state index in [1.165, 1.54) is 6.33 Å². The minimum Gasteiger partial charge on any atom is -0.369 e. The summed E-state index contributed by atoms with van der Waals surface area (Å²) in [6.45, 7) is 2.25. The lowest BCUT2D eigenvalue weighted by atomic mass is 10.2. The number of rotatable bonds is 13. The molecular formula is C20H25ClN5O6PS. The number of imidazole rings is 1. The minimum absolute atomic E-state index is 0.0142. The molecule has 0 bridgehead atoms. The highest BCUT2D eigenvalue weighted by Gasteiger charge is 2.25. The number of nitrogen functional groups attached to an aromatic ring is 1. The van der Waals surface area contributed by atoms with Gasteiger partial charge in [-0.3, -0.25) is 19.1 Å². The summed E-state index contributed by atoms with van der Waals surface area (Å²) in [5.41, 5.74) is 6.37. The highest BCUT2D eigenvalue weighted by molar-refractivity contribution is 8.13. The van der Waals surface area contributed by atoms with Crippen LogP contribution in [-0.4, -0.2) is 49.9 Å². The smallest absolute Gasteiger partial charge is 0.356 e. The van der Waals surface area contributed by atoms with Gasteiger partial charge in [-0.15, -0.1) is 0 Å². The van der Waals surface area contributed by atoms with Crippen molar-refractivity contribution in [1.82, 2.24) is 19.5 Å². The normalized spacial score (nSPS) is 13.2. The molecule has 0 aliphatic carbocycles. The van der Waals surface area contributed by atoms with E-state index in [2.05, 4.69) is 15.0 Å². The van der Waals surface area contributed by atoms with Gasteiger partial charge in [0, 0.05) is 23.7 Å². The highest BCUT2D eigenvalue weighted by Crippen LogP contribution is 2.49. The Balaban J connectivity index is 1.58. The number of nitrogens with zero attached hydrogens (tertiary/aromatic N) is 3. The van der Waals surface area contributed by atoms with Crippen molar-refractivity contribution in [2.24, 2.45) is 0 Å². The Morgan fingerprint density at radius 1 is 1.32 bits per heavy atom. The van der Waals surface area contributed by atoms with Gasteiger partial charge in [0.05, 0.1) is 26.1 Å². The van der Waals surface area contributed by atoms with Gasteiger partial charge in [0.2, 0.25) is 5.95 Å². The van der Waals surface area contributed by atoms with E-state index in [4.69, 9.17) is 31.1 Å². The van der Waals surface area contributed by atoms with Crippen LogP contribution < -0.4 is 11.3 Å². The molecule has 14 heteroatoms. The van der Waals surface area contributed by atoms with Crippen molar-refractivity contribution in [3.8, 4) is 0 Å². The Bertz CT molecular complexity index is 1240. The first kappa shape index (κ1) is 26.4. The van der Waals surface area contributed by atoms with Crippen LogP contribution in [0.25, 0.3) is 11.2 Å². The number of aromatic nitrogens is 4. The zero-order valence-corrected chi connectivity index (χ0v) is 20.9. The topological polar surface area (TPSA) is 151 Å². The van der Waals surface area contributed by atoms with Crippen molar-refractivity contribution in [3.05, 3.63) is 51.5 Å². The molecule has 0 fully saturated rings. The largest absolute Gasteiger partial charge is 0.369 e. The van der Waals surface area contributed by atoms with Gasteiger partial charge in [-0.1, -0.05) is 42.4 Å². The third-order valence-corrected chi connectivity index (χ3v) is 7.27. The van der Waals surface area contributed by atoms with Gasteiger partial charge in [-0.05, 0) is 17.7 Å². The van der Waals surface area contributed by atoms with Crippen LogP contribution in [-0.2, 0) is 36.3 Å². The molecular weight excluding hydrogens is 505 g/mol. The third-order valence-electron chi connectivity index (χ3n) is 4.46. The van der Waals surface area contributed by atoms with E-state index in [-0.39, 0.29) is 49.3 Å². The number of anilines is 1. The molecule has 184 valence electrons. The van der Waals surface area contributed by atoms with Crippen LogP contribution in [0.4, 0.5) is 5.95 Å². The van der Waals surface area contributed by atoms with Crippen LogP contribution in [0.2, 0.25) is 5.02 Å². The molecule has 3 rings (SSSR count). The summed E-state index contributed by atoms with van der Waals surface area (Å²) in [5.74, 6) is 0.326. The lowest BCUT2D eigenvalue weighted by molar-refractivity contribution is -0.110. The molecule has 0 saturated heterocycles. The highest BCUT2D eigenvalue weighted by atomic mass is 35.5. The maximum Gasteiger partial charge on any atom is 0.356 e. The first-order chi connectivity index (χ1) is 16.3. The van der Waals surface area contributed by atoms with Gasteiger partial charge >= 0.3 is 7.60 Å². The van der Waals surface area contributed by atoms with Crippen molar-refractivity contribution in [1.29, 1.82) is 0 Å². The number of H-pyrrole nitrogens is 1. The van der Waals surface area contributed by atoms with Crippen LogP contribution in [0.1, 0.15) is 18.9 Å². The fourth-order valence-corrected chi connectivity index (χ4v) is 5.05. The van der Waals surface area contributed by atoms with Crippen molar-refractivity contribution >= 4 is 53.2 Å². The van der Waals surface area contributed by atoms with Gasteiger partial charge in [0.25, 0.3) is 5.56 Å². The van der Waals surface area contributed by atoms with Crippen LogP contribution >= 0.6 is 31.0 Å². The number of benzene rings is 1. The lowest BCUT2D eigenvalue weighted by Gasteiger charge is -2.19. The number of hydrogen-bond acceptors (Lipinski definition) is 10. The number of hydrogen-bond donors (Lipinski definition) is 2. The summed E-state index contributed by atoms with van der Waals surface area (Å²) in [6.07, 6.45) is 1.55. The molecule has 0 radical (unpaired) electrons. The summed E-state index contributed by atoms with van der Waals surface area (Å²) < 4.78 is 31.6. The van der Waals surface area contributed by atoms with Crippen LogP contribution in [0.3, 0.4) is 0 Å². The van der Waals surface area contributed by atoms with Crippen LogP contribution in [0.5, 0.6) is 0 Å². The minimum atomic E-state index is -3.64. The van der Waals surface area contributed by atoms with Gasteiger partial charge in [0.15, 0.2) is 16.3 Å². The number of fused-ring (bicyclic) bond motifs is 1. The van der Waals surface area contributed by atoms with E-state index in [0.717, 1.165) is 17.3 Å². The van der Waals surface area contributed by atoms with E-state index in [0.29, 0.717) is 22.8 Å². The Morgan fingerprint density at radius 3 is 2.91 bits per heavy atom. The van der Waals surface area contributed by atoms with Gasteiger partial charge < -0.3 is 24.1 Å². The standard InChI is InChI=1S/C20H25ClN5O6PS/c1-2-16(27)34-9-8-31-33(29,32-11-14-4-3-5-15(21)10-14)13-30-7-6-26-12-23-17-18(26)24-20(22)25-19(17)28/h3-5,10,12H,2,6-9,11,13H2,1H3,(H3,22,24,25,28). The lowest BCUT2D eigenvalue weighted by Crippen LogP contribution is -2.13. The SMILES string of the molecule is CCC(=O)SCCOP(=O)(COCCn1cnc2c(=O)[nH]c(N)nc21)OCc1cccc(Cl)c1. The molecule has 0 spiro atoms. The molecule has 11 nitrogen and oxygen atoms in total. The molecule has 1 aromatic carbocycles. The van der Waals surface area contributed by atoms with Gasteiger partial charge in [0.1, 0.15) is 6.35 Å². The fourth-order valence-electron chi connectivity index (χ4n) is 2.82. The molecule has 0 saturated carbocycles. The molecule has 34 heavy (non-hydrogen) atoms. The molecule has 1 unspecified atom stereocenters. The predicted octanol–water partition coefficient (Wildman–Crippen LogP) is 3.43. The number of thioether (sulfide) groups is 1. The number of carbonyl (C=O) groups excluding carboxylic acids is 1. The molecule has 0 aliphatic heterocycles. The molecule has 3 aromatic rings. The number of nitrogens with one attached hydrogen (secondary N) is 1. The second kappa shape index (κ2) is 12.5. The second-order valence-electron chi connectivity index (χ2n) is 7.02. The summed E-state index contributed by atoms with van der Waals surface area (Å²) in [6, 6.07) is 6.98. The number of halogens is 1. The zero-order chi connectivity index (χ0) is 24.6. The van der Waals surface area contributed by atoms with Crippen molar-refractivity contribution < 1.29 is 23.1 Å². The Kier molecular flexibility index (Phi) is 9.69. The van der Waals surface area contributed by atoms with Gasteiger partial charge in [-0.2, -0.15) is 4.98 Å². The van der Waals surface area contributed by atoms with Crippen LogP contribution in [0, 0.1) is 0 Å². The summed E-state index contributed by atoms with van der Waals surface area (Å²) in [4.78, 5) is 33.9. The van der Waals surface area contributed by atoms with E-state index < -0.39 is 13.2 Å². The maximum absolute atomic E-state index is 13.3. The monoisotopic (exact) mass is 529 g/mol. The Morgan fingerprint density at radius 2 is 2.15 bits per heavy atom. The molecule has 3 N–H and O–H groups in total. The average molecular weight is 530 g/mol. The summed E-state index contributed by atoms with van der Waals surface area (Å²) in [7, 11) is -3.64. The summed E-state index contributed by atoms with van der Waals surface area (Å²) >= 11 is 7.10.